The predicted molar refractivity (Wildman–Crippen MR) is 91.2 cm³/mol. The van der Waals surface area contributed by atoms with Crippen molar-refractivity contribution in [3.8, 4) is 0 Å². The molecule has 0 heterocycles. The van der Waals surface area contributed by atoms with Gasteiger partial charge in [-0.05, 0) is 45.4 Å². The summed E-state index contributed by atoms with van der Waals surface area (Å²) in [6, 6.07) is 0. The predicted octanol–water partition coefficient (Wildman–Crippen LogP) is 6.44. The Balaban J connectivity index is 3.49. The van der Waals surface area contributed by atoms with Gasteiger partial charge in [-0.1, -0.05) is 50.7 Å². The van der Waals surface area contributed by atoms with Gasteiger partial charge in [0.25, 0.3) is 0 Å². The second-order valence-electron chi connectivity index (χ2n) is 5.64. The Morgan fingerprint density at radius 2 is 1.20 bits per heavy atom. The van der Waals surface area contributed by atoms with Gasteiger partial charge in [0.1, 0.15) is 0 Å². The van der Waals surface area contributed by atoms with Gasteiger partial charge in [0.15, 0.2) is 0 Å². The van der Waals surface area contributed by atoms with Crippen LogP contribution in [0.25, 0.3) is 0 Å². The highest BCUT2D eigenvalue weighted by molar-refractivity contribution is 4.67. The fraction of sp³-hybridized carbons (Fsp3) is 0.789. The Kier molecular flexibility index (Phi) is 16.0. The lowest BCUT2D eigenvalue weighted by Crippen LogP contribution is -2.12. The Labute approximate surface area is 127 Å². The molecule has 0 aliphatic heterocycles. The second kappa shape index (κ2) is 16.5. The summed E-state index contributed by atoms with van der Waals surface area (Å²) in [6.45, 7) is 10.5. The molecular formula is C19H36O. The van der Waals surface area contributed by atoms with Crippen LogP contribution in [0.4, 0.5) is 0 Å². The molecule has 0 bridgehead atoms. The van der Waals surface area contributed by atoms with E-state index in [0.29, 0.717) is 6.10 Å². The van der Waals surface area contributed by atoms with E-state index in [1.165, 1.54) is 77.0 Å². The van der Waals surface area contributed by atoms with Crippen LogP contribution in [0.2, 0.25) is 0 Å². The van der Waals surface area contributed by atoms with Crippen molar-refractivity contribution in [1.29, 1.82) is 0 Å². The first-order chi connectivity index (χ1) is 9.85. The topological polar surface area (TPSA) is 9.23 Å². The number of hydrogen-bond acceptors (Lipinski definition) is 1. The number of unbranched alkanes of at least 4 members (excludes halogenated alkanes) is 8. The Morgan fingerprint density at radius 1 is 0.750 bits per heavy atom. The first-order valence-corrected chi connectivity index (χ1v) is 8.68. The molecule has 0 aliphatic carbocycles. The first kappa shape index (κ1) is 19.4. The van der Waals surface area contributed by atoms with Crippen molar-refractivity contribution in [3.63, 3.8) is 0 Å². The van der Waals surface area contributed by atoms with Crippen LogP contribution in [-0.2, 0) is 4.74 Å². The summed E-state index contributed by atoms with van der Waals surface area (Å²) in [5.74, 6) is 0. The first-order valence-electron chi connectivity index (χ1n) is 8.68. The Hall–Kier alpha value is -0.560. The number of hydrogen-bond donors (Lipinski definition) is 0. The summed E-state index contributed by atoms with van der Waals surface area (Å²) in [5, 5.41) is 0. The van der Waals surface area contributed by atoms with E-state index in [-0.39, 0.29) is 0 Å². The zero-order valence-corrected chi connectivity index (χ0v) is 13.7. The molecule has 0 amide bonds. The molecule has 0 aromatic rings. The normalized spacial score (nSPS) is 10.9. The van der Waals surface area contributed by atoms with Crippen LogP contribution in [0, 0.1) is 0 Å². The van der Waals surface area contributed by atoms with Crippen LogP contribution >= 0.6 is 0 Å². The summed E-state index contributed by atoms with van der Waals surface area (Å²) >= 11 is 0. The molecule has 118 valence electrons. The molecule has 0 spiro atoms. The lowest BCUT2D eigenvalue weighted by Gasteiger charge is -2.16. The molecule has 0 aromatic heterocycles. The molecule has 0 saturated heterocycles. The van der Waals surface area contributed by atoms with E-state index in [0.717, 1.165) is 6.61 Å². The van der Waals surface area contributed by atoms with Gasteiger partial charge in [-0.25, -0.2) is 0 Å². The fourth-order valence-electron chi connectivity index (χ4n) is 2.58. The molecule has 20 heavy (non-hydrogen) atoms. The van der Waals surface area contributed by atoms with Crippen molar-refractivity contribution in [1.82, 2.24) is 0 Å². The van der Waals surface area contributed by atoms with Gasteiger partial charge in [-0.2, -0.15) is 0 Å². The van der Waals surface area contributed by atoms with Crippen molar-refractivity contribution >= 4 is 0 Å². The van der Waals surface area contributed by atoms with Crippen molar-refractivity contribution in [2.75, 3.05) is 6.61 Å². The highest BCUT2D eigenvalue weighted by Gasteiger charge is 2.07. The second-order valence-corrected chi connectivity index (χ2v) is 5.64. The molecule has 0 N–H and O–H groups in total. The molecule has 1 heteroatoms. The lowest BCUT2D eigenvalue weighted by atomic mass is 10.0. The van der Waals surface area contributed by atoms with E-state index in [2.05, 4.69) is 20.1 Å². The van der Waals surface area contributed by atoms with E-state index in [4.69, 9.17) is 4.74 Å². The zero-order chi connectivity index (χ0) is 14.9. The van der Waals surface area contributed by atoms with Gasteiger partial charge < -0.3 is 4.74 Å². The largest absolute Gasteiger partial charge is 0.379 e. The number of rotatable bonds is 16. The third-order valence-electron chi connectivity index (χ3n) is 3.77. The highest BCUT2D eigenvalue weighted by atomic mass is 16.5. The van der Waals surface area contributed by atoms with Gasteiger partial charge >= 0.3 is 0 Å². The molecular weight excluding hydrogens is 244 g/mol. The van der Waals surface area contributed by atoms with E-state index < -0.39 is 0 Å². The maximum Gasteiger partial charge on any atom is 0.0575 e. The molecule has 0 aromatic carbocycles. The average molecular weight is 280 g/mol. The van der Waals surface area contributed by atoms with Crippen molar-refractivity contribution in [3.05, 3.63) is 25.3 Å². The standard InChI is InChI=1S/C19H36O/c1-4-7-9-11-13-15-17-19(20-6-3)18-16-14-12-10-8-5-2/h4-5,19H,1-2,6-18H2,3H3. The summed E-state index contributed by atoms with van der Waals surface area (Å²) < 4.78 is 5.87. The van der Waals surface area contributed by atoms with Crippen LogP contribution in [0.3, 0.4) is 0 Å². The third-order valence-corrected chi connectivity index (χ3v) is 3.77. The van der Waals surface area contributed by atoms with Gasteiger partial charge in [0, 0.05) is 6.61 Å². The Morgan fingerprint density at radius 3 is 1.60 bits per heavy atom. The summed E-state index contributed by atoms with van der Waals surface area (Å²) in [4.78, 5) is 0. The number of allylic oxidation sites excluding steroid dienone is 2. The summed E-state index contributed by atoms with van der Waals surface area (Å²) in [7, 11) is 0. The van der Waals surface area contributed by atoms with Crippen LogP contribution in [0.1, 0.15) is 84.0 Å². The van der Waals surface area contributed by atoms with Crippen LogP contribution in [-0.4, -0.2) is 12.7 Å². The smallest absolute Gasteiger partial charge is 0.0575 e. The maximum absolute atomic E-state index is 5.87. The monoisotopic (exact) mass is 280 g/mol. The Bertz CT molecular complexity index is 190. The minimum absolute atomic E-state index is 0.499. The van der Waals surface area contributed by atoms with E-state index in [1.54, 1.807) is 0 Å². The molecule has 0 saturated carbocycles. The zero-order valence-electron chi connectivity index (χ0n) is 13.7. The van der Waals surface area contributed by atoms with E-state index >= 15 is 0 Å². The van der Waals surface area contributed by atoms with Crippen molar-refractivity contribution in [2.45, 2.75) is 90.1 Å². The molecule has 0 fully saturated rings. The van der Waals surface area contributed by atoms with E-state index in [9.17, 15) is 0 Å². The van der Waals surface area contributed by atoms with Crippen molar-refractivity contribution < 1.29 is 4.74 Å². The quantitative estimate of drug-likeness (QED) is 0.233. The minimum Gasteiger partial charge on any atom is -0.379 e. The van der Waals surface area contributed by atoms with Crippen LogP contribution in [0.5, 0.6) is 0 Å². The number of ether oxygens (including phenoxy) is 1. The van der Waals surface area contributed by atoms with Gasteiger partial charge in [-0.3, -0.25) is 0 Å². The van der Waals surface area contributed by atoms with Gasteiger partial charge in [-0.15, -0.1) is 13.2 Å². The van der Waals surface area contributed by atoms with Gasteiger partial charge in [0.05, 0.1) is 6.10 Å². The average Bonchev–Trinajstić information content (AvgIpc) is 2.46. The maximum atomic E-state index is 5.87. The SMILES string of the molecule is C=CCCCCCCC(CCCCCCC=C)OCC. The fourth-order valence-corrected chi connectivity index (χ4v) is 2.58. The molecule has 0 atom stereocenters. The van der Waals surface area contributed by atoms with Crippen LogP contribution in [0.15, 0.2) is 25.3 Å². The van der Waals surface area contributed by atoms with Gasteiger partial charge in [0.2, 0.25) is 0 Å². The molecule has 0 aliphatic rings. The lowest BCUT2D eigenvalue weighted by molar-refractivity contribution is 0.0470. The molecule has 0 unspecified atom stereocenters. The molecule has 1 nitrogen and oxygen atoms in total. The summed E-state index contributed by atoms with van der Waals surface area (Å²) in [6.07, 6.45) is 20.0. The minimum atomic E-state index is 0.499. The summed E-state index contributed by atoms with van der Waals surface area (Å²) in [5.41, 5.74) is 0. The van der Waals surface area contributed by atoms with Crippen LogP contribution < -0.4 is 0 Å². The van der Waals surface area contributed by atoms with Crippen molar-refractivity contribution in [2.24, 2.45) is 0 Å². The third kappa shape index (κ3) is 13.9. The van der Waals surface area contributed by atoms with E-state index in [1.807, 2.05) is 12.2 Å². The molecule has 0 radical (unpaired) electrons. The highest BCUT2D eigenvalue weighted by Crippen LogP contribution is 2.16. The molecule has 0 rings (SSSR count).